The van der Waals surface area contributed by atoms with Crippen LogP contribution in [0.2, 0.25) is 0 Å². The topological polar surface area (TPSA) is 46.3 Å². The first kappa shape index (κ1) is 12.9. The van der Waals surface area contributed by atoms with Gasteiger partial charge in [-0.3, -0.25) is 4.79 Å². The molecule has 0 aromatic heterocycles. The van der Waals surface area contributed by atoms with Crippen LogP contribution >= 0.6 is 0 Å². The number of likely N-dealkylation sites (tertiary alicyclic amines) is 1. The van der Waals surface area contributed by atoms with Crippen molar-refractivity contribution in [2.45, 2.75) is 52.1 Å². The molecule has 1 fully saturated rings. The van der Waals surface area contributed by atoms with Gasteiger partial charge in [0.05, 0.1) is 0 Å². The minimum absolute atomic E-state index is 0.137. The standard InChI is InChI=1S/C15H22N2O/c1-10-9-13(7-8-14(10)16)15(18)17-11(2)5-4-6-12(17)3/h7-9,11-12H,4-6,16H2,1-3H3/t11-,12-/m1/s1. The Morgan fingerprint density at radius 2 is 1.89 bits per heavy atom. The number of nitrogen functional groups attached to an aromatic ring is 1. The average Bonchev–Trinajstić information content (AvgIpc) is 2.32. The molecule has 1 aromatic carbocycles. The minimum Gasteiger partial charge on any atom is -0.399 e. The van der Waals surface area contributed by atoms with Crippen molar-refractivity contribution in [3.8, 4) is 0 Å². The summed E-state index contributed by atoms with van der Waals surface area (Å²) in [5.74, 6) is 0.137. The zero-order valence-electron chi connectivity index (χ0n) is 11.4. The van der Waals surface area contributed by atoms with Gasteiger partial charge in [0, 0.05) is 23.3 Å². The zero-order chi connectivity index (χ0) is 13.3. The number of benzene rings is 1. The highest BCUT2D eigenvalue weighted by molar-refractivity contribution is 5.95. The van der Waals surface area contributed by atoms with Crippen LogP contribution in [0.4, 0.5) is 5.69 Å². The molecule has 0 spiro atoms. The molecule has 0 saturated carbocycles. The Bertz CT molecular complexity index is 446. The highest BCUT2D eigenvalue weighted by atomic mass is 16.2. The normalized spacial score (nSPS) is 24.1. The van der Waals surface area contributed by atoms with Gasteiger partial charge < -0.3 is 10.6 Å². The molecule has 2 atom stereocenters. The highest BCUT2D eigenvalue weighted by Gasteiger charge is 2.29. The lowest BCUT2D eigenvalue weighted by atomic mass is 9.96. The maximum Gasteiger partial charge on any atom is 0.254 e. The Balaban J connectivity index is 2.26. The van der Waals surface area contributed by atoms with Crippen LogP contribution < -0.4 is 5.73 Å². The van der Waals surface area contributed by atoms with Gasteiger partial charge in [-0.15, -0.1) is 0 Å². The third kappa shape index (κ3) is 2.35. The van der Waals surface area contributed by atoms with Crippen molar-refractivity contribution >= 4 is 11.6 Å². The zero-order valence-corrected chi connectivity index (χ0v) is 11.4. The summed E-state index contributed by atoms with van der Waals surface area (Å²) >= 11 is 0. The summed E-state index contributed by atoms with van der Waals surface area (Å²) in [7, 11) is 0. The molecular formula is C15H22N2O. The van der Waals surface area contributed by atoms with Crippen molar-refractivity contribution in [2.75, 3.05) is 5.73 Å². The van der Waals surface area contributed by atoms with Crippen LogP contribution in [0, 0.1) is 6.92 Å². The van der Waals surface area contributed by atoms with Crippen LogP contribution in [-0.4, -0.2) is 22.9 Å². The molecule has 0 radical (unpaired) electrons. The molecular weight excluding hydrogens is 224 g/mol. The van der Waals surface area contributed by atoms with E-state index in [9.17, 15) is 4.79 Å². The van der Waals surface area contributed by atoms with Crippen LogP contribution in [0.3, 0.4) is 0 Å². The largest absolute Gasteiger partial charge is 0.399 e. The Kier molecular flexibility index (Phi) is 3.60. The van der Waals surface area contributed by atoms with Crippen LogP contribution in [0.1, 0.15) is 49.0 Å². The van der Waals surface area contributed by atoms with Crippen LogP contribution in [0.25, 0.3) is 0 Å². The van der Waals surface area contributed by atoms with Gasteiger partial charge in [0.1, 0.15) is 0 Å². The number of piperidine rings is 1. The van der Waals surface area contributed by atoms with E-state index in [1.807, 2.05) is 30.0 Å². The lowest BCUT2D eigenvalue weighted by molar-refractivity contribution is 0.0510. The highest BCUT2D eigenvalue weighted by Crippen LogP contribution is 2.25. The van der Waals surface area contributed by atoms with E-state index in [1.54, 1.807) is 0 Å². The van der Waals surface area contributed by atoms with Crippen molar-refractivity contribution in [1.29, 1.82) is 0 Å². The van der Waals surface area contributed by atoms with Crippen LogP contribution in [0.15, 0.2) is 18.2 Å². The molecule has 1 aliphatic rings. The molecule has 1 saturated heterocycles. The number of hydrogen-bond donors (Lipinski definition) is 1. The molecule has 3 nitrogen and oxygen atoms in total. The smallest absolute Gasteiger partial charge is 0.254 e. The first-order valence-corrected chi connectivity index (χ1v) is 6.69. The molecule has 1 heterocycles. The van der Waals surface area contributed by atoms with Crippen molar-refractivity contribution in [1.82, 2.24) is 4.90 Å². The van der Waals surface area contributed by atoms with E-state index in [0.717, 1.165) is 29.7 Å². The summed E-state index contributed by atoms with van der Waals surface area (Å²) in [5.41, 5.74) is 8.26. The van der Waals surface area contributed by atoms with Gasteiger partial charge in [-0.05, 0) is 63.8 Å². The average molecular weight is 246 g/mol. The summed E-state index contributed by atoms with van der Waals surface area (Å²) in [4.78, 5) is 14.6. The Hall–Kier alpha value is -1.51. The molecule has 0 aliphatic carbocycles. The van der Waals surface area contributed by atoms with E-state index >= 15 is 0 Å². The summed E-state index contributed by atoms with van der Waals surface area (Å²) < 4.78 is 0. The van der Waals surface area contributed by atoms with Gasteiger partial charge in [-0.25, -0.2) is 0 Å². The van der Waals surface area contributed by atoms with Crippen molar-refractivity contribution in [2.24, 2.45) is 0 Å². The van der Waals surface area contributed by atoms with E-state index in [0.29, 0.717) is 12.1 Å². The number of amides is 1. The second kappa shape index (κ2) is 5.01. The predicted molar refractivity (Wildman–Crippen MR) is 74.5 cm³/mol. The monoisotopic (exact) mass is 246 g/mol. The van der Waals surface area contributed by atoms with Crippen molar-refractivity contribution < 1.29 is 4.79 Å². The van der Waals surface area contributed by atoms with Gasteiger partial charge in [0.2, 0.25) is 0 Å². The quantitative estimate of drug-likeness (QED) is 0.774. The number of nitrogens with zero attached hydrogens (tertiary/aromatic N) is 1. The number of carbonyl (C=O) groups is 1. The molecule has 18 heavy (non-hydrogen) atoms. The first-order chi connectivity index (χ1) is 8.50. The van der Waals surface area contributed by atoms with E-state index in [4.69, 9.17) is 5.73 Å². The van der Waals surface area contributed by atoms with E-state index in [-0.39, 0.29) is 5.91 Å². The molecule has 0 unspecified atom stereocenters. The van der Waals surface area contributed by atoms with Gasteiger partial charge in [-0.1, -0.05) is 0 Å². The fraction of sp³-hybridized carbons (Fsp3) is 0.533. The predicted octanol–water partition coefficient (Wildman–Crippen LogP) is 2.98. The summed E-state index contributed by atoms with van der Waals surface area (Å²) in [6.45, 7) is 6.21. The molecule has 0 bridgehead atoms. The van der Waals surface area contributed by atoms with Crippen molar-refractivity contribution in [3.05, 3.63) is 29.3 Å². The summed E-state index contributed by atoms with van der Waals surface area (Å²) in [6.07, 6.45) is 3.42. The lowest BCUT2D eigenvalue weighted by Crippen LogP contribution is -2.47. The maximum atomic E-state index is 12.6. The number of aryl methyl sites for hydroxylation is 1. The Morgan fingerprint density at radius 3 is 2.44 bits per heavy atom. The van der Waals surface area contributed by atoms with Gasteiger partial charge in [0.15, 0.2) is 0 Å². The fourth-order valence-electron chi connectivity index (χ4n) is 2.78. The van der Waals surface area contributed by atoms with Crippen LogP contribution in [-0.2, 0) is 0 Å². The van der Waals surface area contributed by atoms with E-state index in [1.165, 1.54) is 6.42 Å². The lowest BCUT2D eigenvalue weighted by Gasteiger charge is -2.39. The van der Waals surface area contributed by atoms with Crippen molar-refractivity contribution in [3.63, 3.8) is 0 Å². The van der Waals surface area contributed by atoms with Gasteiger partial charge in [0.25, 0.3) is 5.91 Å². The third-order valence-electron chi connectivity index (χ3n) is 3.94. The minimum atomic E-state index is 0.137. The summed E-state index contributed by atoms with van der Waals surface area (Å²) in [5, 5.41) is 0. The summed E-state index contributed by atoms with van der Waals surface area (Å²) in [6, 6.07) is 6.21. The number of rotatable bonds is 1. The Morgan fingerprint density at radius 1 is 1.28 bits per heavy atom. The van der Waals surface area contributed by atoms with Gasteiger partial charge >= 0.3 is 0 Å². The number of carbonyl (C=O) groups excluding carboxylic acids is 1. The van der Waals surface area contributed by atoms with E-state index in [2.05, 4.69) is 13.8 Å². The molecule has 1 aromatic rings. The molecule has 2 N–H and O–H groups in total. The number of hydrogen-bond acceptors (Lipinski definition) is 2. The third-order valence-corrected chi connectivity index (χ3v) is 3.94. The van der Waals surface area contributed by atoms with E-state index < -0.39 is 0 Å². The molecule has 1 amide bonds. The van der Waals surface area contributed by atoms with Gasteiger partial charge in [-0.2, -0.15) is 0 Å². The Labute approximate surface area is 109 Å². The molecule has 2 rings (SSSR count). The fourth-order valence-corrected chi connectivity index (χ4v) is 2.78. The molecule has 98 valence electrons. The number of nitrogens with two attached hydrogens (primary N) is 1. The first-order valence-electron chi connectivity index (χ1n) is 6.69. The maximum absolute atomic E-state index is 12.6. The van der Waals surface area contributed by atoms with Crippen LogP contribution in [0.5, 0.6) is 0 Å². The molecule has 3 heteroatoms. The second-order valence-electron chi connectivity index (χ2n) is 5.41. The SMILES string of the molecule is Cc1cc(C(=O)N2[C@H](C)CCC[C@H]2C)ccc1N. The number of anilines is 1. The second-order valence-corrected chi connectivity index (χ2v) is 5.41. The molecule has 1 aliphatic heterocycles.